The molecule has 1 aromatic carbocycles. The average molecular weight is 764 g/mol. The lowest BCUT2D eigenvalue weighted by atomic mass is 9.87. The smallest absolute Gasteiger partial charge is 0.326 e. The number of hydrogen-bond acceptors (Lipinski definition) is 9. The molecular formula is C40H69N5O9. The number of carbonyl (C=O) groups is 5. The predicted octanol–water partition coefficient (Wildman–Crippen LogP) is 2.86. The molecule has 2 rings (SSSR count). The zero-order valence-electron chi connectivity index (χ0n) is 34.7. The van der Waals surface area contributed by atoms with E-state index in [1.54, 1.807) is 51.6 Å². The van der Waals surface area contributed by atoms with Crippen LogP contribution in [0.2, 0.25) is 0 Å². The van der Waals surface area contributed by atoms with Gasteiger partial charge >= 0.3 is 5.97 Å². The third kappa shape index (κ3) is 13.9. The van der Waals surface area contributed by atoms with Gasteiger partial charge in [-0.05, 0) is 58.1 Å². The van der Waals surface area contributed by atoms with Crippen LogP contribution >= 0.6 is 0 Å². The Hall–Kier alpha value is -3.59. The fourth-order valence-corrected chi connectivity index (χ4v) is 6.81. The van der Waals surface area contributed by atoms with E-state index in [0.717, 1.165) is 12.0 Å². The Labute approximate surface area is 323 Å². The molecule has 1 fully saturated rings. The van der Waals surface area contributed by atoms with Crippen LogP contribution in [-0.4, -0.2) is 133 Å². The molecule has 54 heavy (non-hydrogen) atoms. The quantitative estimate of drug-likeness (QED) is 0.132. The first-order chi connectivity index (χ1) is 25.3. The summed E-state index contributed by atoms with van der Waals surface area (Å²) in [5.74, 6) is -3.16. The minimum Gasteiger partial charge on any atom is -0.480 e. The van der Waals surface area contributed by atoms with Crippen LogP contribution < -0.4 is 16.0 Å². The van der Waals surface area contributed by atoms with Crippen molar-refractivity contribution in [2.45, 2.75) is 129 Å². The standard InChI is InChI=1S/C37H61N5O8.C3H8O/c1-11-24(4)32(41(8)31(44)22-39-36(48)37(6,38-7)23(2)3)29(49-9)21-30(43)42-19-15-18-28(42)33(50-10)25(5)34(45)40-27(35(46)47)20-26-16-13-12-14-17-26;1-3(2)4/h12-14,16-17,23-25,27-29,32-33,38H,11,15,18-22H2,1-10H3,(H,39,48)(H,40,45)(H,46,47);3-4H,1-2H3. The molecule has 14 nitrogen and oxygen atoms in total. The van der Waals surface area contributed by atoms with Crippen LogP contribution in [0.4, 0.5) is 0 Å². The summed E-state index contributed by atoms with van der Waals surface area (Å²) in [5, 5.41) is 26.4. The van der Waals surface area contributed by atoms with Gasteiger partial charge in [0, 0.05) is 40.3 Å². The number of carboxylic acid groups (broad SMARTS) is 1. The zero-order valence-corrected chi connectivity index (χ0v) is 34.7. The van der Waals surface area contributed by atoms with E-state index in [1.807, 2.05) is 58.0 Å². The topological polar surface area (TPSA) is 187 Å². The van der Waals surface area contributed by atoms with Crippen molar-refractivity contribution in [2.24, 2.45) is 17.8 Å². The first kappa shape index (κ1) is 48.4. The van der Waals surface area contributed by atoms with Crippen molar-refractivity contribution in [3.8, 4) is 0 Å². The van der Waals surface area contributed by atoms with Crippen molar-refractivity contribution in [1.29, 1.82) is 0 Å². The van der Waals surface area contributed by atoms with Crippen molar-refractivity contribution >= 4 is 29.6 Å². The van der Waals surface area contributed by atoms with Crippen molar-refractivity contribution in [1.82, 2.24) is 25.8 Å². The molecule has 1 aromatic rings. The van der Waals surface area contributed by atoms with E-state index in [2.05, 4.69) is 16.0 Å². The molecule has 14 heteroatoms. The van der Waals surface area contributed by atoms with E-state index >= 15 is 0 Å². The highest BCUT2D eigenvalue weighted by atomic mass is 16.5. The predicted molar refractivity (Wildman–Crippen MR) is 209 cm³/mol. The van der Waals surface area contributed by atoms with Gasteiger partial charge in [0.25, 0.3) is 0 Å². The summed E-state index contributed by atoms with van der Waals surface area (Å²) < 4.78 is 11.7. The molecule has 1 aliphatic rings. The maximum absolute atomic E-state index is 14.0. The maximum atomic E-state index is 14.0. The van der Waals surface area contributed by atoms with Gasteiger partial charge in [0.1, 0.15) is 6.04 Å². The highest BCUT2D eigenvalue weighted by Gasteiger charge is 2.43. The maximum Gasteiger partial charge on any atom is 0.326 e. The summed E-state index contributed by atoms with van der Waals surface area (Å²) in [7, 11) is 6.40. The highest BCUT2D eigenvalue weighted by Crippen LogP contribution is 2.29. The van der Waals surface area contributed by atoms with Crippen LogP contribution in [0.25, 0.3) is 0 Å². The largest absolute Gasteiger partial charge is 0.480 e. The lowest BCUT2D eigenvalue weighted by Crippen LogP contribution is -2.59. The lowest BCUT2D eigenvalue weighted by molar-refractivity contribution is -0.147. The van der Waals surface area contributed by atoms with Gasteiger partial charge in [-0.3, -0.25) is 19.2 Å². The molecule has 0 bridgehead atoms. The summed E-state index contributed by atoms with van der Waals surface area (Å²) in [4.78, 5) is 69.1. The number of aliphatic carboxylic acids is 1. The minimum absolute atomic E-state index is 0.00760. The van der Waals surface area contributed by atoms with Gasteiger partial charge in [-0.15, -0.1) is 0 Å². The number of ether oxygens (including phenoxy) is 2. The van der Waals surface area contributed by atoms with Crippen molar-refractivity contribution < 1.29 is 43.7 Å². The number of hydrogen-bond donors (Lipinski definition) is 5. The summed E-state index contributed by atoms with van der Waals surface area (Å²) in [6.45, 7) is 15.1. The number of likely N-dealkylation sites (N-methyl/N-ethyl adjacent to an activating group) is 2. The number of nitrogens with zero attached hydrogens (tertiary/aromatic N) is 2. The molecule has 8 unspecified atom stereocenters. The highest BCUT2D eigenvalue weighted by molar-refractivity contribution is 5.90. The molecule has 1 heterocycles. The number of carbonyl (C=O) groups excluding carboxylic acids is 4. The van der Waals surface area contributed by atoms with E-state index in [1.165, 1.54) is 14.2 Å². The third-order valence-corrected chi connectivity index (χ3v) is 10.7. The van der Waals surface area contributed by atoms with Gasteiger partial charge in [0.2, 0.25) is 23.6 Å². The number of carboxylic acids is 1. The number of aliphatic hydroxyl groups excluding tert-OH is 1. The normalized spacial score (nSPS) is 18.6. The first-order valence-corrected chi connectivity index (χ1v) is 19.1. The number of benzene rings is 1. The van der Waals surface area contributed by atoms with Crippen LogP contribution in [0.1, 0.15) is 86.6 Å². The minimum atomic E-state index is -1.14. The molecule has 0 spiro atoms. The molecule has 0 aromatic heterocycles. The summed E-state index contributed by atoms with van der Waals surface area (Å²) in [6, 6.07) is 7.09. The molecule has 0 radical (unpaired) electrons. The number of amides is 4. The van der Waals surface area contributed by atoms with E-state index in [9.17, 15) is 29.1 Å². The van der Waals surface area contributed by atoms with Gasteiger partial charge in [0.15, 0.2) is 0 Å². The Morgan fingerprint density at radius 3 is 2.09 bits per heavy atom. The lowest BCUT2D eigenvalue weighted by Gasteiger charge is -2.39. The van der Waals surface area contributed by atoms with Gasteiger partial charge in [-0.2, -0.15) is 0 Å². The second-order valence-electron chi connectivity index (χ2n) is 15.1. The number of rotatable bonds is 20. The molecule has 0 aliphatic carbocycles. The molecule has 0 saturated carbocycles. The Morgan fingerprint density at radius 2 is 1.61 bits per heavy atom. The monoisotopic (exact) mass is 764 g/mol. The summed E-state index contributed by atoms with van der Waals surface area (Å²) in [6.07, 6.45) is 0.682. The van der Waals surface area contributed by atoms with E-state index in [0.29, 0.717) is 19.4 Å². The number of methoxy groups -OCH3 is 2. The molecule has 1 saturated heterocycles. The van der Waals surface area contributed by atoms with Crippen LogP contribution in [0.3, 0.4) is 0 Å². The van der Waals surface area contributed by atoms with Crippen LogP contribution in [-0.2, 0) is 39.9 Å². The summed E-state index contributed by atoms with van der Waals surface area (Å²) in [5.41, 5.74) is -0.0618. The molecule has 308 valence electrons. The second kappa shape index (κ2) is 23.4. The van der Waals surface area contributed by atoms with Crippen LogP contribution in [0.5, 0.6) is 0 Å². The molecule has 8 atom stereocenters. The van der Waals surface area contributed by atoms with Crippen molar-refractivity contribution in [3.63, 3.8) is 0 Å². The fourth-order valence-electron chi connectivity index (χ4n) is 6.81. The molecular weight excluding hydrogens is 694 g/mol. The zero-order chi connectivity index (χ0) is 41.3. The van der Waals surface area contributed by atoms with E-state index < -0.39 is 53.7 Å². The van der Waals surface area contributed by atoms with Crippen LogP contribution in [0.15, 0.2) is 30.3 Å². The second-order valence-corrected chi connectivity index (χ2v) is 15.1. The summed E-state index contributed by atoms with van der Waals surface area (Å²) >= 11 is 0. The van der Waals surface area contributed by atoms with Gasteiger partial charge in [-0.1, -0.05) is 71.4 Å². The Morgan fingerprint density at radius 1 is 1.02 bits per heavy atom. The van der Waals surface area contributed by atoms with Crippen molar-refractivity contribution in [2.75, 3.05) is 41.4 Å². The molecule has 4 amide bonds. The van der Waals surface area contributed by atoms with E-state index in [-0.39, 0.29) is 55.0 Å². The number of nitrogens with one attached hydrogen (secondary N) is 3. The van der Waals surface area contributed by atoms with E-state index in [4.69, 9.17) is 14.6 Å². The number of likely N-dealkylation sites (tertiary alicyclic amines) is 1. The van der Waals surface area contributed by atoms with Gasteiger partial charge < -0.3 is 45.4 Å². The third-order valence-electron chi connectivity index (χ3n) is 10.7. The van der Waals surface area contributed by atoms with Gasteiger partial charge in [0.05, 0.1) is 48.7 Å². The fraction of sp³-hybridized carbons (Fsp3) is 0.725. The SMILES string of the molecule is CC(C)O.CCC(C)C(C(CC(=O)N1CCCC1C(OC)C(C)C(=O)NC(Cc1ccccc1)C(=O)O)OC)N(C)C(=O)CNC(=O)C(C)(NC)C(C)C. The van der Waals surface area contributed by atoms with Gasteiger partial charge in [-0.25, -0.2) is 4.79 Å². The molecule has 1 aliphatic heterocycles. The average Bonchev–Trinajstić information content (AvgIpc) is 3.62. The molecule has 5 N–H and O–H groups in total. The Balaban J connectivity index is 0.00000346. The van der Waals surface area contributed by atoms with Crippen molar-refractivity contribution in [3.05, 3.63) is 35.9 Å². The Kier molecular flexibility index (Phi) is 20.9. The number of aliphatic hydroxyl groups is 1. The Bertz CT molecular complexity index is 1330. The van der Waals surface area contributed by atoms with Crippen LogP contribution in [0, 0.1) is 17.8 Å². The first-order valence-electron chi connectivity index (χ1n) is 19.1.